The molecule has 1 amide bonds. The Morgan fingerprint density at radius 1 is 1.00 bits per heavy atom. The molecule has 0 radical (unpaired) electrons. The van der Waals surface area contributed by atoms with Crippen LogP contribution in [-0.2, 0) is 23.0 Å². The molecule has 3 aromatic rings. The number of nitrogens with zero attached hydrogens (tertiary/aromatic N) is 1. The number of hydrogen-bond donors (Lipinski definition) is 2. The fourth-order valence-corrected chi connectivity index (χ4v) is 5.46. The summed E-state index contributed by atoms with van der Waals surface area (Å²) < 4.78 is 33.3. The quantitative estimate of drug-likeness (QED) is 0.469. The van der Waals surface area contributed by atoms with Crippen LogP contribution in [0.1, 0.15) is 34.8 Å². The second kappa shape index (κ2) is 10.9. The van der Waals surface area contributed by atoms with Crippen molar-refractivity contribution in [2.45, 2.75) is 37.2 Å². The number of para-hydroxylation sites is 2. The molecule has 0 spiro atoms. The zero-order valence-corrected chi connectivity index (χ0v) is 20.8. The summed E-state index contributed by atoms with van der Waals surface area (Å²) in [6.07, 6.45) is 1.94. The minimum atomic E-state index is -3.83. The van der Waals surface area contributed by atoms with Gasteiger partial charge in [-0.25, -0.2) is 8.42 Å². The van der Waals surface area contributed by atoms with E-state index in [2.05, 4.69) is 46.1 Å². The van der Waals surface area contributed by atoms with Crippen LogP contribution in [0, 0.1) is 0 Å². The number of carbonyl (C=O) groups excluding carboxylic acids is 1. The Labute approximate surface area is 207 Å². The summed E-state index contributed by atoms with van der Waals surface area (Å²) in [4.78, 5) is 15.3. The smallest absolute Gasteiger partial charge is 0.262 e. The van der Waals surface area contributed by atoms with Gasteiger partial charge >= 0.3 is 0 Å². The van der Waals surface area contributed by atoms with E-state index in [1.807, 2.05) is 0 Å². The number of sulfonamides is 1. The number of rotatable bonds is 9. The average Bonchev–Trinajstić information content (AvgIpc) is 2.89. The van der Waals surface area contributed by atoms with Gasteiger partial charge in [0.1, 0.15) is 5.75 Å². The Hall–Kier alpha value is -3.36. The highest BCUT2D eigenvalue weighted by atomic mass is 32.2. The van der Waals surface area contributed by atoms with Crippen LogP contribution < -0.4 is 14.8 Å². The monoisotopic (exact) mass is 493 g/mol. The highest BCUT2D eigenvalue weighted by Crippen LogP contribution is 2.26. The summed E-state index contributed by atoms with van der Waals surface area (Å²) >= 11 is 0. The number of hydrogen-bond acceptors (Lipinski definition) is 5. The third-order valence-corrected chi connectivity index (χ3v) is 7.81. The highest BCUT2D eigenvalue weighted by Gasteiger charge is 2.23. The molecule has 0 fully saturated rings. The summed E-state index contributed by atoms with van der Waals surface area (Å²) in [5, 5.41) is 3.02. The summed E-state index contributed by atoms with van der Waals surface area (Å²) in [6.45, 7) is 4.52. The Morgan fingerprint density at radius 2 is 1.69 bits per heavy atom. The van der Waals surface area contributed by atoms with Crippen molar-refractivity contribution in [3.05, 3.63) is 89.5 Å². The molecule has 1 aliphatic rings. The molecular weight excluding hydrogens is 462 g/mol. The molecule has 3 aromatic carbocycles. The first-order chi connectivity index (χ1) is 16.9. The number of benzene rings is 3. The maximum atomic E-state index is 12.8. The van der Waals surface area contributed by atoms with E-state index in [0.29, 0.717) is 23.5 Å². The fourth-order valence-electron chi connectivity index (χ4n) is 4.39. The minimum Gasteiger partial charge on any atom is -0.495 e. The van der Waals surface area contributed by atoms with Crippen molar-refractivity contribution in [3.8, 4) is 5.75 Å². The zero-order valence-electron chi connectivity index (χ0n) is 20.0. The molecule has 7 nitrogen and oxygen atoms in total. The van der Waals surface area contributed by atoms with Gasteiger partial charge in [-0.05, 0) is 60.4 Å². The topological polar surface area (TPSA) is 87.7 Å². The van der Waals surface area contributed by atoms with Crippen LogP contribution in [0.4, 0.5) is 5.69 Å². The molecule has 1 aliphatic heterocycles. The molecule has 184 valence electrons. The minimum absolute atomic E-state index is 0.0679. The van der Waals surface area contributed by atoms with E-state index >= 15 is 0 Å². The second-order valence-electron chi connectivity index (χ2n) is 8.59. The fraction of sp³-hybridized carbons (Fsp3) is 0.296. The molecule has 0 aromatic heterocycles. The summed E-state index contributed by atoms with van der Waals surface area (Å²) in [5.74, 6) is 0.206. The zero-order chi connectivity index (χ0) is 24.8. The molecule has 2 N–H and O–H groups in total. The van der Waals surface area contributed by atoms with Crippen molar-refractivity contribution < 1.29 is 17.9 Å². The first-order valence-corrected chi connectivity index (χ1v) is 13.2. The van der Waals surface area contributed by atoms with Gasteiger partial charge in [-0.1, -0.05) is 43.3 Å². The van der Waals surface area contributed by atoms with E-state index < -0.39 is 10.0 Å². The number of amides is 1. The molecule has 8 heteroatoms. The number of fused-ring (bicyclic) bond motifs is 1. The van der Waals surface area contributed by atoms with E-state index in [1.165, 1.54) is 42.5 Å². The molecule has 4 rings (SSSR count). The van der Waals surface area contributed by atoms with Gasteiger partial charge in [0.25, 0.3) is 15.9 Å². The van der Waals surface area contributed by atoms with Gasteiger partial charge in [0.2, 0.25) is 0 Å². The van der Waals surface area contributed by atoms with E-state index in [4.69, 9.17) is 4.74 Å². The number of anilines is 1. The van der Waals surface area contributed by atoms with Gasteiger partial charge in [0.05, 0.1) is 17.7 Å². The van der Waals surface area contributed by atoms with Crippen molar-refractivity contribution >= 4 is 21.6 Å². The molecule has 0 unspecified atom stereocenters. The van der Waals surface area contributed by atoms with Crippen LogP contribution >= 0.6 is 0 Å². The van der Waals surface area contributed by atoms with Crippen molar-refractivity contribution in [3.63, 3.8) is 0 Å². The third kappa shape index (κ3) is 5.83. The van der Waals surface area contributed by atoms with E-state index in [0.717, 1.165) is 25.9 Å². The number of nitrogens with one attached hydrogen (secondary N) is 2. The lowest BCUT2D eigenvalue weighted by atomic mass is 9.98. The average molecular weight is 494 g/mol. The molecule has 0 saturated heterocycles. The lowest BCUT2D eigenvalue weighted by Crippen LogP contribution is -2.45. The van der Waals surface area contributed by atoms with Gasteiger partial charge in [-0.15, -0.1) is 0 Å². The number of ether oxygens (including phenoxy) is 1. The Kier molecular flexibility index (Phi) is 7.73. The van der Waals surface area contributed by atoms with Crippen LogP contribution in [0.15, 0.2) is 77.7 Å². The number of carbonyl (C=O) groups is 1. The first-order valence-electron chi connectivity index (χ1n) is 11.8. The molecule has 0 aliphatic carbocycles. The summed E-state index contributed by atoms with van der Waals surface area (Å²) in [7, 11) is -2.35. The van der Waals surface area contributed by atoms with Crippen LogP contribution in [0.2, 0.25) is 0 Å². The third-order valence-electron chi connectivity index (χ3n) is 6.42. The molecule has 1 heterocycles. The van der Waals surface area contributed by atoms with E-state index in [9.17, 15) is 13.2 Å². The molecule has 0 bridgehead atoms. The Bertz CT molecular complexity index is 1280. The maximum Gasteiger partial charge on any atom is 0.262 e. The molecule has 1 atom stereocenters. The van der Waals surface area contributed by atoms with E-state index in [-0.39, 0.29) is 16.8 Å². The first kappa shape index (κ1) is 24.8. The Morgan fingerprint density at radius 3 is 2.40 bits per heavy atom. The molecular formula is C27H31N3O4S. The molecule has 0 saturated carbocycles. The van der Waals surface area contributed by atoms with Crippen LogP contribution in [0.25, 0.3) is 0 Å². The SMILES string of the molecule is CC[C@H](CNC(=O)c1ccc(S(=O)(=O)Nc2ccccc2OC)cc1)N1CCc2ccccc2C1. The van der Waals surface area contributed by atoms with Gasteiger partial charge < -0.3 is 10.1 Å². The lowest BCUT2D eigenvalue weighted by molar-refractivity contribution is 0.0926. The standard InChI is InChI=1S/C27H31N3O4S/c1-3-23(30-17-16-20-8-4-5-9-22(20)19-30)18-28-27(31)21-12-14-24(15-13-21)35(32,33)29-25-10-6-7-11-26(25)34-2/h4-15,23,29H,3,16-19H2,1-2H3,(H,28,31)/t23-/m1/s1. The van der Waals surface area contributed by atoms with Gasteiger partial charge in [-0.2, -0.15) is 0 Å². The predicted molar refractivity (Wildman–Crippen MR) is 137 cm³/mol. The van der Waals surface area contributed by atoms with Crippen molar-refractivity contribution in [2.75, 3.05) is 24.9 Å². The van der Waals surface area contributed by atoms with Crippen molar-refractivity contribution in [2.24, 2.45) is 0 Å². The van der Waals surface area contributed by atoms with E-state index in [1.54, 1.807) is 24.3 Å². The predicted octanol–water partition coefficient (Wildman–Crippen LogP) is 4.06. The summed E-state index contributed by atoms with van der Waals surface area (Å²) in [5.41, 5.74) is 3.52. The van der Waals surface area contributed by atoms with Crippen molar-refractivity contribution in [1.82, 2.24) is 10.2 Å². The van der Waals surface area contributed by atoms with Crippen molar-refractivity contribution in [1.29, 1.82) is 0 Å². The highest BCUT2D eigenvalue weighted by molar-refractivity contribution is 7.92. The molecule has 35 heavy (non-hydrogen) atoms. The van der Waals surface area contributed by atoms with Crippen LogP contribution in [0.5, 0.6) is 5.75 Å². The lowest BCUT2D eigenvalue weighted by Gasteiger charge is -2.35. The summed E-state index contributed by atoms with van der Waals surface area (Å²) in [6, 6.07) is 21.5. The second-order valence-corrected chi connectivity index (χ2v) is 10.3. The normalized spacial score (nSPS) is 14.6. The van der Waals surface area contributed by atoms with Gasteiger partial charge in [0, 0.05) is 31.2 Å². The van der Waals surface area contributed by atoms with Crippen LogP contribution in [0.3, 0.4) is 0 Å². The van der Waals surface area contributed by atoms with Gasteiger partial charge in [0.15, 0.2) is 0 Å². The van der Waals surface area contributed by atoms with Gasteiger partial charge in [-0.3, -0.25) is 14.4 Å². The number of methoxy groups -OCH3 is 1. The Balaban J connectivity index is 1.37. The maximum absolute atomic E-state index is 12.8. The largest absolute Gasteiger partial charge is 0.495 e. The van der Waals surface area contributed by atoms with Crippen LogP contribution in [-0.4, -0.2) is 45.5 Å².